The van der Waals surface area contributed by atoms with Crippen LogP contribution in [0.15, 0.2) is 24.3 Å². The van der Waals surface area contributed by atoms with Gasteiger partial charge in [0.05, 0.1) is 11.7 Å². The minimum absolute atomic E-state index is 0.167. The van der Waals surface area contributed by atoms with Gasteiger partial charge in [-0.2, -0.15) is 0 Å². The van der Waals surface area contributed by atoms with Gasteiger partial charge in [0.15, 0.2) is 0 Å². The zero-order chi connectivity index (χ0) is 17.4. The van der Waals surface area contributed by atoms with Crippen LogP contribution in [0.2, 0.25) is 0 Å². The zero-order valence-electron chi connectivity index (χ0n) is 14.5. The van der Waals surface area contributed by atoms with Gasteiger partial charge in [0.2, 0.25) is 0 Å². The van der Waals surface area contributed by atoms with Crippen LogP contribution in [0.1, 0.15) is 37.0 Å². The average molecular weight is 336 g/mol. The highest BCUT2D eigenvalue weighted by molar-refractivity contribution is 5.73. The Kier molecular flexibility index (Phi) is 7.02. The molecule has 6 heteroatoms. The molecule has 24 heavy (non-hydrogen) atoms. The summed E-state index contributed by atoms with van der Waals surface area (Å²) in [7, 11) is 1.66. The molecule has 6 nitrogen and oxygen atoms in total. The van der Waals surface area contributed by atoms with Crippen molar-refractivity contribution in [2.24, 2.45) is 0 Å². The van der Waals surface area contributed by atoms with Crippen LogP contribution in [0.3, 0.4) is 0 Å². The van der Waals surface area contributed by atoms with E-state index < -0.39 is 6.10 Å². The molecule has 0 saturated carbocycles. The van der Waals surface area contributed by atoms with Gasteiger partial charge in [0, 0.05) is 46.3 Å². The van der Waals surface area contributed by atoms with Crippen LogP contribution in [0.5, 0.6) is 0 Å². The summed E-state index contributed by atoms with van der Waals surface area (Å²) in [5.74, 6) is 0. The second kappa shape index (κ2) is 9.01. The fourth-order valence-electron chi connectivity index (χ4n) is 2.78. The number of hydrogen-bond donors (Lipinski definition) is 3. The number of hydrogen-bond acceptors (Lipinski definition) is 4. The van der Waals surface area contributed by atoms with Crippen molar-refractivity contribution in [3.8, 4) is 0 Å². The molecular formula is C18H28N2O4. The molecule has 1 aromatic carbocycles. The number of nitrogens with one attached hydrogen (secondary N) is 2. The van der Waals surface area contributed by atoms with Crippen LogP contribution in [0.25, 0.3) is 0 Å². The standard InChI is InChI=1S/C18H28N2O4/c1-3-14-4-6-15(7-5-14)16(21)12-19-17(22)20-13-18(23-2)8-10-24-11-9-18/h4-7,16,21H,3,8-13H2,1-2H3,(H2,19,20,22). The number of urea groups is 1. The Labute approximate surface area is 143 Å². The number of carbonyl (C=O) groups excluding carboxylic acids is 1. The first-order chi connectivity index (χ1) is 11.6. The molecule has 1 fully saturated rings. The Balaban J connectivity index is 1.75. The second-order valence-corrected chi connectivity index (χ2v) is 6.17. The molecule has 1 unspecified atom stereocenters. The topological polar surface area (TPSA) is 79.8 Å². The summed E-state index contributed by atoms with van der Waals surface area (Å²) in [6.45, 7) is 3.97. The molecular weight excluding hydrogens is 308 g/mol. The molecule has 0 aliphatic carbocycles. The summed E-state index contributed by atoms with van der Waals surface area (Å²) in [6, 6.07) is 7.47. The Hall–Kier alpha value is -1.63. The van der Waals surface area contributed by atoms with Crippen LogP contribution >= 0.6 is 0 Å². The van der Waals surface area contributed by atoms with Crippen molar-refractivity contribution in [1.29, 1.82) is 0 Å². The lowest BCUT2D eigenvalue weighted by atomic mass is 9.94. The lowest BCUT2D eigenvalue weighted by molar-refractivity contribution is -0.0861. The van der Waals surface area contributed by atoms with Crippen molar-refractivity contribution < 1.29 is 19.4 Å². The summed E-state index contributed by atoms with van der Waals surface area (Å²) in [6.07, 6.45) is 1.76. The smallest absolute Gasteiger partial charge is 0.314 e. The van der Waals surface area contributed by atoms with Gasteiger partial charge in [-0.05, 0) is 17.5 Å². The largest absolute Gasteiger partial charge is 0.387 e. The van der Waals surface area contributed by atoms with E-state index >= 15 is 0 Å². The lowest BCUT2D eigenvalue weighted by Gasteiger charge is -2.35. The SMILES string of the molecule is CCc1ccc(C(O)CNC(=O)NCC2(OC)CCOCC2)cc1. The number of aliphatic hydroxyl groups is 1. The molecule has 134 valence electrons. The van der Waals surface area contributed by atoms with Crippen molar-refractivity contribution in [3.63, 3.8) is 0 Å². The predicted molar refractivity (Wildman–Crippen MR) is 92.0 cm³/mol. The minimum atomic E-state index is -0.721. The third-order valence-corrected chi connectivity index (χ3v) is 4.64. The van der Waals surface area contributed by atoms with Crippen molar-refractivity contribution in [2.75, 3.05) is 33.4 Å². The Morgan fingerprint density at radius 1 is 1.29 bits per heavy atom. The van der Waals surface area contributed by atoms with E-state index in [1.165, 1.54) is 5.56 Å². The lowest BCUT2D eigenvalue weighted by Crippen LogP contribution is -2.50. The maximum atomic E-state index is 12.0. The quantitative estimate of drug-likeness (QED) is 0.709. The van der Waals surface area contributed by atoms with E-state index in [0.717, 1.165) is 24.8 Å². The second-order valence-electron chi connectivity index (χ2n) is 6.17. The van der Waals surface area contributed by atoms with Crippen LogP contribution < -0.4 is 10.6 Å². The number of aryl methyl sites for hydroxylation is 1. The van der Waals surface area contributed by atoms with Gasteiger partial charge in [-0.15, -0.1) is 0 Å². The Morgan fingerprint density at radius 2 is 1.96 bits per heavy atom. The van der Waals surface area contributed by atoms with Gasteiger partial charge in [-0.1, -0.05) is 31.2 Å². The maximum Gasteiger partial charge on any atom is 0.314 e. The zero-order valence-corrected chi connectivity index (χ0v) is 14.5. The molecule has 1 aliphatic rings. The number of amides is 2. The number of aliphatic hydroxyl groups excluding tert-OH is 1. The monoisotopic (exact) mass is 336 g/mol. The number of carbonyl (C=O) groups is 1. The first-order valence-electron chi connectivity index (χ1n) is 8.50. The van der Waals surface area contributed by atoms with Crippen molar-refractivity contribution >= 4 is 6.03 Å². The number of rotatable bonds is 7. The number of ether oxygens (including phenoxy) is 2. The summed E-state index contributed by atoms with van der Waals surface area (Å²) < 4.78 is 10.9. The van der Waals surface area contributed by atoms with Crippen LogP contribution in [-0.4, -0.2) is 50.2 Å². The van der Waals surface area contributed by atoms with Gasteiger partial charge in [0.25, 0.3) is 0 Å². The van der Waals surface area contributed by atoms with E-state index in [4.69, 9.17) is 9.47 Å². The molecule has 1 atom stereocenters. The van der Waals surface area contributed by atoms with E-state index in [1.807, 2.05) is 24.3 Å². The molecule has 1 saturated heterocycles. The Bertz CT molecular complexity index is 512. The van der Waals surface area contributed by atoms with Gasteiger partial charge in [0.1, 0.15) is 0 Å². The third kappa shape index (κ3) is 5.19. The van der Waals surface area contributed by atoms with E-state index in [9.17, 15) is 9.90 Å². The fourth-order valence-corrected chi connectivity index (χ4v) is 2.78. The molecule has 0 spiro atoms. The van der Waals surface area contributed by atoms with Crippen molar-refractivity contribution in [2.45, 2.75) is 37.9 Å². The molecule has 0 radical (unpaired) electrons. The van der Waals surface area contributed by atoms with Gasteiger partial charge >= 0.3 is 6.03 Å². The van der Waals surface area contributed by atoms with E-state index in [1.54, 1.807) is 7.11 Å². The molecule has 1 aromatic rings. The number of methoxy groups -OCH3 is 1. The molecule has 0 aromatic heterocycles. The minimum Gasteiger partial charge on any atom is -0.387 e. The van der Waals surface area contributed by atoms with Crippen LogP contribution in [-0.2, 0) is 15.9 Å². The first-order valence-corrected chi connectivity index (χ1v) is 8.50. The highest BCUT2D eigenvalue weighted by Gasteiger charge is 2.32. The van der Waals surface area contributed by atoms with Gasteiger partial charge in [-0.3, -0.25) is 0 Å². The van der Waals surface area contributed by atoms with Gasteiger partial charge in [-0.25, -0.2) is 4.79 Å². The van der Waals surface area contributed by atoms with Crippen molar-refractivity contribution in [3.05, 3.63) is 35.4 Å². The number of benzene rings is 1. The van der Waals surface area contributed by atoms with Crippen molar-refractivity contribution in [1.82, 2.24) is 10.6 Å². The van der Waals surface area contributed by atoms with Gasteiger partial charge < -0.3 is 25.2 Å². The Morgan fingerprint density at radius 3 is 2.54 bits per heavy atom. The first kappa shape index (κ1) is 18.7. The summed E-state index contributed by atoms with van der Waals surface area (Å²) >= 11 is 0. The average Bonchev–Trinajstić information content (AvgIpc) is 2.65. The molecule has 3 N–H and O–H groups in total. The predicted octanol–water partition coefficient (Wildman–Crippen LogP) is 1.78. The normalized spacial score (nSPS) is 18.0. The molecule has 2 amide bonds. The highest BCUT2D eigenvalue weighted by atomic mass is 16.5. The molecule has 1 aliphatic heterocycles. The van der Waals surface area contributed by atoms with E-state index in [2.05, 4.69) is 17.6 Å². The van der Waals surface area contributed by atoms with Crippen LogP contribution in [0, 0.1) is 0 Å². The molecule has 0 bridgehead atoms. The highest BCUT2D eigenvalue weighted by Crippen LogP contribution is 2.23. The summed E-state index contributed by atoms with van der Waals surface area (Å²) in [4.78, 5) is 12.0. The molecule has 1 heterocycles. The van der Waals surface area contributed by atoms with E-state index in [0.29, 0.717) is 19.8 Å². The van der Waals surface area contributed by atoms with E-state index in [-0.39, 0.29) is 18.2 Å². The fraction of sp³-hybridized carbons (Fsp3) is 0.611. The maximum absolute atomic E-state index is 12.0. The summed E-state index contributed by atoms with van der Waals surface area (Å²) in [5.41, 5.74) is 1.66. The third-order valence-electron chi connectivity index (χ3n) is 4.64. The molecule has 2 rings (SSSR count). The van der Waals surface area contributed by atoms with Crippen LogP contribution in [0.4, 0.5) is 4.79 Å². The summed E-state index contributed by atoms with van der Waals surface area (Å²) in [5, 5.41) is 15.7.